The summed E-state index contributed by atoms with van der Waals surface area (Å²) in [6.07, 6.45) is 1.06. The smallest absolute Gasteiger partial charge is 0.246 e. The van der Waals surface area contributed by atoms with E-state index in [4.69, 9.17) is 11.6 Å². The number of carbonyl (C=O) groups is 1. The number of halogens is 1. The van der Waals surface area contributed by atoms with Gasteiger partial charge in [-0.15, -0.1) is 10.2 Å². The Labute approximate surface area is 172 Å². The first-order chi connectivity index (χ1) is 12.6. The van der Waals surface area contributed by atoms with Crippen LogP contribution in [0.3, 0.4) is 0 Å². The van der Waals surface area contributed by atoms with Gasteiger partial charge in [0.25, 0.3) is 0 Å². The lowest BCUT2D eigenvalue weighted by Crippen LogP contribution is -2.37. The Bertz CT molecular complexity index is 915. The number of amides is 1. The molecule has 27 heavy (non-hydrogen) atoms. The van der Waals surface area contributed by atoms with Crippen LogP contribution in [-0.4, -0.2) is 43.1 Å². The minimum absolute atomic E-state index is 0.340. The van der Waals surface area contributed by atoms with Crippen molar-refractivity contribution in [1.29, 1.82) is 0 Å². The van der Waals surface area contributed by atoms with Crippen LogP contribution in [0, 0.1) is 12.8 Å². The lowest BCUT2D eigenvalue weighted by molar-refractivity contribution is -0.114. The average Bonchev–Trinajstić information content (AvgIpc) is 2.98. The molecule has 1 heterocycles. The second kappa shape index (κ2) is 9.22. The molecule has 1 N–H and O–H groups in total. The number of benzene rings is 1. The number of nitrogens with zero attached hydrogens (tertiary/aromatic N) is 3. The van der Waals surface area contributed by atoms with E-state index < -0.39 is 15.9 Å². The Hall–Kier alpha value is -1.36. The fourth-order valence-electron chi connectivity index (χ4n) is 2.13. The topological polar surface area (TPSA) is 92.3 Å². The number of carbonyl (C=O) groups excluding carboxylic acids is 1. The van der Waals surface area contributed by atoms with Crippen LogP contribution in [0.2, 0.25) is 5.02 Å². The standard InChI is InChI=1S/C16H21ClN4O3S3/c1-10(2)9-25-16-20-19-15(26-16)18-14(22)8-21(27(4,23)24)13-6-5-12(17)7-11(13)3/h5-7,10H,8-9H2,1-4H3,(H,18,19,22). The highest BCUT2D eigenvalue weighted by Crippen LogP contribution is 2.28. The molecule has 0 bridgehead atoms. The molecule has 2 rings (SSSR count). The first-order valence-electron chi connectivity index (χ1n) is 8.06. The van der Waals surface area contributed by atoms with Crippen molar-refractivity contribution < 1.29 is 13.2 Å². The third-order valence-electron chi connectivity index (χ3n) is 3.31. The van der Waals surface area contributed by atoms with Crippen molar-refractivity contribution in [2.45, 2.75) is 25.1 Å². The predicted molar refractivity (Wildman–Crippen MR) is 112 cm³/mol. The van der Waals surface area contributed by atoms with Crippen molar-refractivity contribution in [3.8, 4) is 0 Å². The molecule has 0 aliphatic carbocycles. The number of hydrogen-bond acceptors (Lipinski definition) is 7. The van der Waals surface area contributed by atoms with E-state index in [-0.39, 0.29) is 6.54 Å². The zero-order chi connectivity index (χ0) is 20.2. The van der Waals surface area contributed by atoms with Gasteiger partial charge in [-0.05, 0) is 36.6 Å². The largest absolute Gasteiger partial charge is 0.299 e. The fourth-order valence-corrected chi connectivity index (χ4v) is 5.01. The summed E-state index contributed by atoms with van der Waals surface area (Å²) in [5.41, 5.74) is 1.06. The van der Waals surface area contributed by atoms with Gasteiger partial charge in [0, 0.05) is 10.8 Å². The first kappa shape index (κ1) is 21.9. The van der Waals surface area contributed by atoms with Crippen LogP contribution in [-0.2, 0) is 14.8 Å². The molecule has 0 unspecified atom stereocenters. The number of aromatic nitrogens is 2. The molecule has 148 valence electrons. The zero-order valence-electron chi connectivity index (χ0n) is 15.4. The molecule has 0 fully saturated rings. The third kappa shape index (κ3) is 6.63. The average molecular weight is 449 g/mol. The molecule has 0 aliphatic rings. The number of hydrogen-bond donors (Lipinski definition) is 1. The Kier molecular flexibility index (Phi) is 7.49. The number of sulfonamides is 1. The molecule has 2 aromatic rings. The van der Waals surface area contributed by atoms with Crippen molar-refractivity contribution >= 4 is 61.4 Å². The van der Waals surface area contributed by atoms with Gasteiger partial charge in [-0.1, -0.05) is 48.5 Å². The SMILES string of the molecule is Cc1cc(Cl)ccc1N(CC(=O)Nc1nnc(SCC(C)C)s1)S(C)(=O)=O. The van der Waals surface area contributed by atoms with E-state index in [9.17, 15) is 13.2 Å². The molecule has 0 atom stereocenters. The van der Waals surface area contributed by atoms with Crippen LogP contribution < -0.4 is 9.62 Å². The zero-order valence-corrected chi connectivity index (χ0v) is 18.6. The molecule has 0 radical (unpaired) electrons. The highest BCUT2D eigenvalue weighted by atomic mass is 35.5. The molecule has 0 spiro atoms. The van der Waals surface area contributed by atoms with Crippen LogP contribution in [0.1, 0.15) is 19.4 Å². The van der Waals surface area contributed by atoms with Gasteiger partial charge in [0.2, 0.25) is 21.1 Å². The summed E-state index contributed by atoms with van der Waals surface area (Å²) in [5, 5.41) is 11.4. The summed E-state index contributed by atoms with van der Waals surface area (Å²) < 4.78 is 26.2. The van der Waals surface area contributed by atoms with Crippen LogP contribution in [0.15, 0.2) is 22.5 Å². The molecular weight excluding hydrogens is 428 g/mol. The minimum atomic E-state index is -3.66. The van der Waals surface area contributed by atoms with E-state index in [0.29, 0.717) is 27.3 Å². The number of thioether (sulfide) groups is 1. The lowest BCUT2D eigenvalue weighted by atomic mass is 10.2. The lowest BCUT2D eigenvalue weighted by Gasteiger charge is -2.23. The summed E-state index contributed by atoms with van der Waals surface area (Å²) >= 11 is 8.76. The van der Waals surface area contributed by atoms with E-state index in [1.165, 1.54) is 11.3 Å². The van der Waals surface area contributed by atoms with Crippen molar-refractivity contribution in [2.24, 2.45) is 5.92 Å². The number of aryl methyl sites for hydroxylation is 1. The van der Waals surface area contributed by atoms with Crippen molar-refractivity contribution in [3.05, 3.63) is 28.8 Å². The fraction of sp³-hybridized carbons (Fsp3) is 0.438. The van der Waals surface area contributed by atoms with Gasteiger partial charge >= 0.3 is 0 Å². The van der Waals surface area contributed by atoms with Gasteiger partial charge in [0.15, 0.2) is 4.34 Å². The van der Waals surface area contributed by atoms with Crippen molar-refractivity contribution in [3.63, 3.8) is 0 Å². The first-order valence-corrected chi connectivity index (χ1v) is 12.1. The van der Waals surface area contributed by atoms with Crippen molar-refractivity contribution in [1.82, 2.24) is 10.2 Å². The summed E-state index contributed by atoms with van der Waals surface area (Å²) in [4.78, 5) is 12.4. The van der Waals surface area contributed by atoms with Gasteiger partial charge in [-0.3, -0.25) is 14.4 Å². The third-order valence-corrected chi connectivity index (χ3v) is 7.07. The van der Waals surface area contributed by atoms with Gasteiger partial charge in [0.1, 0.15) is 6.54 Å². The van der Waals surface area contributed by atoms with Crippen molar-refractivity contribution in [2.75, 3.05) is 28.2 Å². The van der Waals surface area contributed by atoms with Crippen LogP contribution in [0.5, 0.6) is 0 Å². The Morgan fingerprint density at radius 3 is 2.67 bits per heavy atom. The second-order valence-electron chi connectivity index (χ2n) is 6.33. The Balaban J connectivity index is 2.11. The van der Waals surface area contributed by atoms with Gasteiger partial charge in [-0.25, -0.2) is 8.42 Å². The maximum absolute atomic E-state index is 12.4. The summed E-state index contributed by atoms with van der Waals surface area (Å²) in [5.74, 6) is 0.925. The van der Waals surface area contributed by atoms with Crippen LogP contribution in [0.25, 0.3) is 0 Å². The van der Waals surface area contributed by atoms with Gasteiger partial charge in [-0.2, -0.15) is 0 Å². The minimum Gasteiger partial charge on any atom is -0.299 e. The maximum Gasteiger partial charge on any atom is 0.246 e. The van der Waals surface area contributed by atoms with Crippen LogP contribution >= 0.6 is 34.7 Å². The number of nitrogens with one attached hydrogen (secondary N) is 1. The van der Waals surface area contributed by atoms with E-state index in [1.54, 1.807) is 36.9 Å². The van der Waals surface area contributed by atoms with Gasteiger partial charge in [0.05, 0.1) is 11.9 Å². The molecule has 1 aromatic carbocycles. The molecule has 0 saturated heterocycles. The normalized spacial score (nSPS) is 11.6. The van der Waals surface area contributed by atoms with E-state index in [1.807, 2.05) is 0 Å². The molecule has 0 aliphatic heterocycles. The Morgan fingerprint density at radius 1 is 1.37 bits per heavy atom. The molecular formula is C16H21ClN4O3S3. The second-order valence-corrected chi connectivity index (χ2v) is 10.9. The number of rotatable bonds is 8. The highest BCUT2D eigenvalue weighted by molar-refractivity contribution is 8.01. The Morgan fingerprint density at radius 2 is 2.07 bits per heavy atom. The summed E-state index contributed by atoms with van der Waals surface area (Å²) in [6.45, 7) is 5.58. The van der Waals surface area contributed by atoms with Crippen LogP contribution in [0.4, 0.5) is 10.8 Å². The molecule has 0 saturated carbocycles. The van der Waals surface area contributed by atoms with Gasteiger partial charge < -0.3 is 0 Å². The molecule has 1 amide bonds. The summed E-state index contributed by atoms with van der Waals surface area (Å²) in [7, 11) is -3.66. The molecule has 11 heteroatoms. The number of anilines is 2. The molecule has 1 aromatic heterocycles. The van der Waals surface area contributed by atoms with E-state index >= 15 is 0 Å². The predicted octanol–water partition coefficient (Wildman–Crippen LogP) is 3.65. The highest BCUT2D eigenvalue weighted by Gasteiger charge is 2.23. The quantitative estimate of drug-likeness (QED) is 0.489. The van der Waals surface area contributed by atoms with E-state index in [2.05, 4.69) is 29.4 Å². The molecule has 7 nitrogen and oxygen atoms in total. The van der Waals surface area contributed by atoms with E-state index in [0.717, 1.165) is 20.7 Å². The monoisotopic (exact) mass is 448 g/mol. The maximum atomic E-state index is 12.4. The summed E-state index contributed by atoms with van der Waals surface area (Å²) in [6, 6.07) is 4.82.